The normalized spacial score (nSPS) is 20.1. The Hall–Kier alpha value is -2.61. The monoisotopic (exact) mass is 375 g/mol. The Morgan fingerprint density at radius 1 is 1.11 bits per heavy atom. The van der Waals surface area contributed by atoms with Crippen molar-refractivity contribution in [2.24, 2.45) is 0 Å². The van der Waals surface area contributed by atoms with Gasteiger partial charge in [-0.2, -0.15) is 0 Å². The fourth-order valence-corrected chi connectivity index (χ4v) is 3.71. The smallest absolute Gasteiger partial charge is 0.183 e. The van der Waals surface area contributed by atoms with Crippen LogP contribution in [0, 0.1) is 17.5 Å². The zero-order valence-corrected chi connectivity index (χ0v) is 14.8. The first-order valence-corrected chi connectivity index (χ1v) is 8.98. The molecule has 0 radical (unpaired) electrons. The number of hydrogen-bond acceptors (Lipinski definition) is 4. The average molecular weight is 375 g/mol. The van der Waals surface area contributed by atoms with Crippen LogP contribution in [0.15, 0.2) is 24.5 Å². The number of anilines is 1. The number of fused-ring (bicyclic) bond motifs is 1. The van der Waals surface area contributed by atoms with Crippen LogP contribution in [0.25, 0.3) is 22.3 Å². The molecule has 2 atom stereocenters. The molecular formula is C19H20F3N5. The maximum absolute atomic E-state index is 14.3. The lowest BCUT2D eigenvalue weighted by Crippen LogP contribution is -2.37. The molecule has 0 aliphatic heterocycles. The van der Waals surface area contributed by atoms with Crippen molar-refractivity contribution < 1.29 is 13.2 Å². The largest absolute Gasteiger partial charge is 0.365 e. The summed E-state index contributed by atoms with van der Waals surface area (Å²) >= 11 is 0. The number of aromatic nitrogens is 3. The van der Waals surface area contributed by atoms with Gasteiger partial charge in [0, 0.05) is 35.3 Å². The molecule has 2 heterocycles. The maximum atomic E-state index is 14.3. The van der Waals surface area contributed by atoms with Gasteiger partial charge in [-0.25, -0.2) is 23.1 Å². The van der Waals surface area contributed by atoms with Crippen molar-refractivity contribution in [2.75, 3.05) is 12.4 Å². The molecule has 0 bridgehead atoms. The van der Waals surface area contributed by atoms with Gasteiger partial charge in [-0.1, -0.05) is 0 Å². The number of halogens is 3. The molecule has 1 fully saturated rings. The van der Waals surface area contributed by atoms with E-state index in [0.29, 0.717) is 17.0 Å². The number of hydrogen-bond donors (Lipinski definition) is 3. The number of nitrogens with zero attached hydrogens (tertiary/aromatic N) is 2. The highest BCUT2D eigenvalue weighted by Gasteiger charge is 2.23. The van der Waals surface area contributed by atoms with Crippen molar-refractivity contribution in [1.29, 1.82) is 0 Å². The van der Waals surface area contributed by atoms with E-state index < -0.39 is 17.5 Å². The molecule has 3 aromatic rings. The summed E-state index contributed by atoms with van der Waals surface area (Å²) in [7, 11) is 1.92. The number of benzene rings is 1. The van der Waals surface area contributed by atoms with Crippen LogP contribution in [0.4, 0.5) is 19.0 Å². The fraction of sp³-hybridized carbons (Fsp3) is 0.368. The molecule has 1 saturated carbocycles. The molecule has 1 aliphatic rings. The summed E-state index contributed by atoms with van der Waals surface area (Å²) < 4.78 is 41.8. The molecule has 2 unspecified atom stereocenters. The molecule has 2 aromatic heterocycles. The number of nitrogens with one attached hydrogen (secondary N) is 3. The van der Waals surface area contributed by atoms with Crippen molar-refractivity contribution >= 4 is 16.7 Å². The second-order valence-electron chi connectivity index (χ2n) is 6.90. The Labute approximate surface area is 154 Å². The van der Waals surface area contributed by atoms with Crippen LogP contribution in [-0.2, 0) is 0 Å². The molecule has 8 heteroatoms. The zero-order valence-electron chi connectivity index (χ0n) is 14.8. The lowest BCUT2D eigenvalue weighted by atomic mass is 9.91. The minimum atomic E-state index is -0.697. The van der Waals surface area contributed by atoms with Gasteiger partial charge in [-0.15, -0.1) is 0 Å². The minimum absolute atomic E-state index is 0.103. The van der Waals surface area contributed by atoms with Crippen molar-refractivity contribution in [3.05, 3.63) is 42.0 Å². The van der Waals surface area contributed by atoms with E-state index in [1.54, 1.807) is 0 Å². The van der Waals surface area contributed by atoms with Gasteiger partial charge in [0.05, 0.1) is 11.7 Å². The molecule has 142 valence electrons. The third-order valence-corrected chi connectivity index (χ3v) is 5.11. The van der Waals surface area contributed by atoms with Gasteiger partial charge in [0.2, 0.25) is 0 Å². The Morgan fingerprint density at radius 2 is 1.93 bits per heavy atom. The van der Waals surface area contributed by atoms with Crippen molar-refractivity contribution in [3.63, 3.8) is 0 Å². The van der Waals surface area contributed by atoms with Crippen molar-refractivity contribution in [3.8, 4) is 11.4 Å². The van der Waals surface area contributed by atoms with Crippen molar-refractivity contribution in [2.45, 2.75) is 37.8 Å². The summed E-state index contributed by atoms with van der Waals surface area (Å²) in [6, 6.07) is 2.51. The standard InChI is InChI=1S/C19H20F3N5/c1-23-11-3-2-4-12(7-11)26-19-16(22)9-25-18(27-19)14-8-24-17-13(14)5-10(20)6-15(17)21/h5-6,8-9,11-12,23-24H,2-4,7H2,1H3,(H,25,26,27). The van der Waals surface area contributed by atoms with Gasteiger partial charge >= 0.3 is 0 Å². The Morgan fingerprint density at radius 3 is 2.74 bits per heavy atom. The van der Waals surface area contributed by atoms with Gasteiger partial charge < -0.3 is 15.6 Å². The molecule has 4 rings (SSSR count). The van der Waals surface area contributed by atoms with E-state index in [9.17, 15) is 13.2 Å². The molecule has 0 amide bonds. The third kappa shape index (κ3) is 3.49. The lowest BCUT2D eigenvalue weighted by molar-refractivity contribution is 0.368. The summed E-state index contributed by atoms with van der Waals surface area (Å²) in [5.41, 5.74) is 0.584. The van der Waals surface area contributed by atoms with Crippen LogP contribution in [0.1, 0.15) is 25.7 Å². The van der Waals surface area contributed by atoms with E-state index in [1.165, 1.54) is 12.3 Å². The van der Waals surface area contributed by atoms with Crippen LogP contribution in [0.3, 0.4) is 0 Å². The van der Waals surface area contributed by atoms with Crippen LogP contribution < -0.4 is 10.6 Å². The topological polar surface area (TPSA) is 65.6 Å². The summed E-state index contributed by atoms with van der Waals surface area (Å²) in [5, 5.41) is 6.74. The van der Waals surface area contributed by atoms with Crippen molar-refractivity contribution in [1.82, 2.24) is 20.3 Å². The average Bonchev–Trinajstić information content (AvgIpc) is 3.08. The number of H-pyrrole nitrogens is 1. The predicted molar refractivity (Wildman–Crippen MR) is 97.9 cm³/mol. The van der Waals surface area contributed by atoms with E-state index in [0.717, 1.165) is 37.9 Å². The second kappa shape index (κ2) is 7.19. The van der Waals surface area contributed by atoms with Crippen LogP contribution >= 0.6 is 0 Å². The summed E-state index contributed by atoms with van der Waals surface area (Å²) in [6.07, 6.45) is 6.53. The van der Waals surface area contributed by atoms with Crippen LogP contribution in [0.5, 0.6) is 0 Å². The molecule has 0 saturated heterocycles. The first-order valence-electron chi connectivity index (χ1n) is 8.98. The highest BCUT2D eigenvalue weighted by molar-refractivity contribution is 5.94. The lowest BCUT2D eigenvalue weighted by Gasteiger charge is -2.29. The van der Waals surface area contributed by atoms with E-state index >= 15 is 0 Å². The number of rotatable bonds is 4. The second-order valence-corrected chi connectivity index (χ2v) is 6.90. The molecule has 3 N–H and O–H groups in total. The Kier molecular flexibility index (Phi) is 4.73. The van der Waals surface area contributed by atoms with E-state index in [-0.39, 0.29) is 23.2 Å². The van der Waals surface area contributed by atoms with Gasteiger partial charge in [0.1, 0.15) is 11.6 Å². The fourth-order valence-electron chi connectivity index (χ4n) is 3.71. The maximum Gasteiger partial charge on any atom is 0.183 e. The SMILES string of the molecule is CNC1CCCC(Nc2nc(-c3c[nH]c4c(F)cc(F)cc34)ncc2F)C1. The van der Waals surface area contributed by atoms with Gasteiger partial charge in [-0.05, 0) is 38.8 Å². The van der Waals surface area contributed by atoms with Crippen LogP contribution in [0.2, 0.25) is 0 Å². The summed E-state index contributed by atoms with van der Waals surface area (Å²) in [4.78, 5) is 11.1. The number of aromatic amines is 1. The summed E-state index contributed by atoms with van der Waals surface area (Å²) in [6.45, 7) is 0. The first kappa shape index (κ1) is 17.8. The highest BCUT2D eigenvalue weighted by atomic mass is 19.1. The van der Waals surface area contributed by atoms with Crippen LogP contribution in [-0.4, -0.2) is 34.1 Å². The molecule has 27 heavy (non-hydrogen) atoms. The quantitative estimate of drug-likeness (QED) is 0.645. The molecule has 0 spiro atoms. The van der Waals surface area contributed by atoms with Gasteiger partial charge in [0.15, 0.2) is 17.5 Å². The Bertz CT molecular complexity index is 971. The van der Waals surface area contributed by atoms with E-state index in [4.69, 9.17) is 0 Å². The molecular weight excluding hydrogens is 355 g/mol. The van der Waals surface area contributed by atoms with E-state index in [2.05, 4.69) is 25.6 Å². The molecule has 5 nitrogen and oxygen atoms in total. The predicted octanol–water partition coefficient (Wildman–Crippen LogP) is 3.98. The Balaban J connectivity index is 1.67. The molecule has 1 aliphatic carbocycles. The summed E-state index contributed by atoms with van der Waals surface area (Å²) in [5.74, 6) is -1.63. The third-order valence-electron chi connectivity index (χ3n) is 5.11. The first-order chi connectivity index (χ1) is 13.0. The zero-order chi connectivity index (χ0) is 19.0. The van der Waals surface area contributed by atoms with Gasteiger partial charge in [0.25, 0.3) is 0 Å². The van der Waals surface area contributed by atoms with E-state index in [1.807, 2.05) is 7.05 Å². The van der Waals surface area contributed by atoms with Gasteiger partial charge in [-0.3, -0.25) is 0 Å². The minimum Gasteiger partial charge on any atom is -0.365 e. The molecule has 1 aromatic carbocycles. The highest BCUT2D eigenvalue weighted by Crippen LogP contribution is 2.30.